The zero-order valence-electron chi connectivity index (χ0n) is 7.27. The Morgan fingerprint density at radius 1 is 1.83 bits per heavy atom. The summed E-state index contributed by atoms with van der Waals surface area (Å²) in [7, 11) is 1.82. The van der Waals surface area contributed by atoms with Crippen molar-refractivity contribution in [1.82, 2.24) is 5.01 Å². The molecule has 0 saturated heterocycles. The third-order valence-electron chi connectivity index (χ3n) is 2.07. The Bertz CT molecular complexity index is 205. The summed E-state index contributed by atoms with van der Waals surface area (Å²) in [6, 6.07) is 0.163. The molecule has 0 aromatic carbocycles. The Morgan fingerprint density at radius 2 is 2.50 bits per heavy atom. The highest BCUT2D eigenvalue weighted by Crippen LogP contribution is 2.16. The normalized spacial score (nSPS) is 24.5. The van der Waals surface area contributed by atoms with Crippen LogP contribution in [0.4, 0.5) is 0 Å². The van der Waals surface area contributed by atoms with Crippen molar-refractivity contribution in [1.29, 1.82) is 0 Å². The molecule has 0 saturated carbocycles. The number of nitrogens with zero attached hydrogens (tertiary/aromatic N) is 3. The molecule has 0 spiro atoms. The van der Waals surface area contributed by atoms with Crippen LogP contribution in [0.1, 0.15) is 13.3 Å². The van der Waals surface area contributed by atoms with Gasteiger partial charge in [0.05, 0.1) is 18.5 Å². The Kier molecular flexibility index (Phi) is 2.62. The zero-order valence-corrected chi connectivity index (χ0v) is 7.27. The third kappa shape index (κ3) is 1.93. The molecule has 1 rings (SSSR count). The van der Waals surface area contributed by atoms with Crippen LogP contribution in [0.2, 0.25) is 0 Å². The number of hydrogen-bond donors (Lipinski definition) is 1. The minimum Gasteiger partial charge on any atom is -0.481 e. The molecule has 5 heteroatoms. The van der Waals surface area contributed by atoms with Crippen LogP contribution in [0.15, 0.2) is 10.3 Å². The van der Waals surface area contributed by atoms with Gasteiger partial charge in [0.25, 0.3) is 0 Å². The fraction of sp³-hybridized carbons (Fsp3) is 0.857. The van der Waals surface area contributed by atoms with Crippen LogP contribution in [0.25, 0.3) is 0 Å². The molecule has 1 heterocycles. The lowest BCUT2D eigenvalue weighted by Crippen LogP contribution is -2.29. The molecule has 0 aromatic heterocycles. The van der Waals surface area contributed by atoms with Gasteiger partial charge >= 0.3 is 5.97 Å². The summed E-state index contributed by atoms with van der Waals surface area (Å²) in [5.74, 6) is -1.07. The standard InChI is InChI=1S/C7H13N3O2/c1-5(7(11)12)3-6-4-8-9-10(6)2/h5-6H,3-4H2,1-2H3,(H,11,12). The van der Waals surface area contributed by atoms with Gasteiger partial charge in [-0.25, -0.2) is 0 Å². The zero-order chi connectivity index (χ0) is 9.14. The van der Waals surface area contributed by atoms with E-state index in [-0.39, 0.29) is 12.0 Å². The highest BCUT2D eigenvalue weighted by atomic mass is 16.4. The molecule has 0 amide bonds. The SMILES string of the molecule is CC(CC1CN=NN1C)C(=O)O. The number of likely N-dealkylation sites (N-methyl/N-ethyl adjacent to an activating group) is 1. The lowest BCUT2D eigenvalue weighted by atomic mass is 10.0. The summed E-state index contributed by atoms with van der Waals surface area (Å²) in [5.41, 5.74) is 0. The van der Waals surface area contributed by atoms with E-state index >= 15 is 0 Å². The first-order valence-electron chi connectivity index (χ1n) is 3.94. The Labute approximate surface area is 71.1 Å². The number of hydrogen-bond acceptors (Lipinski definition) is 4. The van der Waals surface area contributed by atoms with E-state index in [4.69, 9.17) is 5.11 Å². The molecule has 0 bridgehead atoms. The quantitative estimate of drug-likeness (QED) is 0.682. The Balaban J connectivity index is 2.37. The monoisotopic (exact) mass is 171 g/mol. The molecule has 2 atom stereocenters. The van der Waals surface area contributed by atoms with E-state index in [1.54, 1.807) is 11.9 Å². The summed E-state index contributed by atoms with van der Waals surface area (Å²) in [4.78, 5) is 10.5. The molecule has 12 heavy (non-hydrogen) atoms. The second-order valence-corrected chi connectivity index (χ2v) is 3.12. The maximum absolute atomic E-state index is 10.5. The van der Waals surface area contributed by atoms with Crippen molar-refractivity contribution in [2.24, 2.45) is 16.3 Å². The lowest BCUT2D eigenvalue weighted by molar-refractivity contribution is -0.141. The van der Waals surface area contributed by atoms with Crippen molar-refractivity contribution in [3.63, 3.8) is 0 Å². The molecule has 0 fully saturated rings. The molecule has 1 aliphatic rings. The van der Waals surface area contributed by atoms with E-state index < -0.39 is 5.97 Å². The number of aliphatic carboxylic acids is 1. The van der Waals surface area contributed by atoms with Gasteiger partial charge in [-0.15, -0.1) is 0 Å². The van der Waals surface area contributed by atoms with E-state index in [1.807, 2.05) is 7.05 Å². The van der Waals surface area contributed by atoms with Gasteiger partial charge in [0.15, 0.2) is 0 Å². The number of carboxylic acid groups (broad SMARTS) is 1. The average molecular weight is 171 g/mol. The van der Waals surface area contributed by atoms with Gasteiger partial charge in [0.2, 0.25) is 0 Å². The summed E-state index contributed by atoms with van der Waals surface area (Å²) in [6.07, 6.45) is 0.610. The van der Waals surface area contributed by atoms with Crippen LogP contribution in [0.5, 0.6) is 0 Å². The van der Waals surface area contributed by atoms with E-state index in [0.717, 1.165) is 0 Å². The highest BCUT2D eigenvalue weighted by Gasteiger charge is 2.23. The second kappa shape index (κ2) is 3.51. The van der Waals surface area contributed by atoms with Gasteiger partial charge in [-0.3, -0.25) is 9.80 Å². The van der Waals surface area contributed by atoms with Gasteiger partial charge in [0.1, 0.15) is 0 Å². The molecule has 68 valence electrons. The van der Waals surface area contributed by atoms with Crippen molar-refractivity contribution < 1.29 is 9.90 Å². The molecule has 2 unspecified atom stereocenters. The molecule has 1 aliphatic heterocycles. The minimum absolute atomic E-state index is 0.163. The second-order valence-electron chi connectivity index (χ2n) is 3.12. The molecule has 0 radical (unpaired) electrons. The van der Waals surface area contributed by atoms with Crippen LogP contribution < -0.4 is 0 Å². The number of carboxylic acids is 1. The first-order valence-corrected chi connectivity index (χ1v) is 3.94. The Morgan fingerprint density at radius 3 is 2.92 bits per heavy atom. The fourth-order valence-electron chi connectivity index (χ4n) is 1.16. The topological polar surface area (TPSA) is 65.3 Å². The van der Waals surface area contributed by atoms with Gasteiger partial charge in [-0.2, -0.15) is 5.11 Å². The van der Waals surface area contributed by atoms with E-state index in [9.17, 15) is 4.79 Å². The number of carbonyl (C=O) groups is 1. The molecule has 5 nitrogen and oxygen atoms in total. The van der Waals surface area contributed by atoms with Crippen LogP contribution in [-0.2, 0) is 4.79 Å². The van der Waals surface area contributed by atoms with Crippen LogP contribution in [-0.4, -0.2) is 35.7 Å². The highest BCUT2D eigenvalue weighted by molar-refractivity contribution is 5.69. The van der Waals surface area contributed by atoms with Crippen LogP contribution in [0, 0.1) is 5.92 Å². The minimum atomic E-state index is -0.754. The molecular weight excluding hydrogens is 158 g/mol. The van der Waals surface area contributed by atoms with Gasteiger partial charge < -0.3 is 5.11 Å². The summed E-state index contributed by atoms with van der Waals surface area (Å²) in [5, 5.41) is 18.0. The largest absolute Gasteiger partial charge is 0.481 e. The molecule has 0 aromatic rings. The third-order valence-corrected chi connectivity index (χ3v) is 2.07. The fourth-order valence-corrected chi connectivity index (χ4v) is 1.16. The summed E-state index contributed by atoms with van der Waals surface area (Å²) < 4.78 is 0. The maximum Gasteiger partial charge on any atom is 0.306 e. The smallest absolute Gasteiger partial charge is 0.306 e. The van der Waals surface area contributed by atoms with Gasteiger partial charge in [-0.1, -0.05) is 12.1 Å². The molecule has 0 aliphatic carbocycles. The van der Waals surface area contributed by atoms with Crippen molar-refractivity contribution in [3.8, 4) is 0 Å². The summed E-state index contributed by atoms with van der Waals surface area (Å²) in [6.45, 7) is 2.32. The van der Waals surface area contributed by atoms with E-state index in [0.29, 0.717) is 13.0 Å². The number of rotatable bonds is 3. The first kappa shape index (κ1) is 8.96. The van der Waals surface area contributed by atoms with Crippen molar-refractivity contribution in [2.45, 2.75) is 19.4 Å². The molecule has 1 N–H and O–H groups in total. The molecular formula is C7H13N3O2. The maximum atomic E-state index is 10.5. The predicted octanol–water partition coefficient (Wildman–Crippen LogP) is 0.778. The van der Waals surface area contributed by atoms with Gasteiger partial charge in [-0.05, 0) is 6.42 Å². The van der Waals surface area contributed by atoms with Crippen molar-refractivity contribution >= 4 is 5.97 Å². The van der Waals surface area contributed by atoms with E-state index in [2.05, 4.69) is 10.3 Å². The van der Waals surface area contributed by atoms with Crippen molar-refractivity contribution in [3.05, 3.63) is 0 Å². The Hall–Kier alpha value is -1.13. The van der Waals surface area contributed by atoms with E-state index in [1.165, 1.54) is 0 Å². The predicted molar refractivity (Wildman–Crippen MR) is 42.7 cm³/mol. The van der Waals surface area contributed by atoms with Crippen LogP contribution >= 0.6 is 0 Å². The van der Waals surface area contributed by atoms with Crippen LogP contribution in [0.3, 0.4) is 0 Å². The van der Waals surface area contributed by atoms with Gasteiger partial charge in [0, 0.05) is 7.05 Å². The van der Waals surface area contributed by atoms with Crippen molar-refractivity contribution in [2.75, 3.05) is 13.6 Å². The summed E-state index contributed by atoms with van der Waals surface area (Å²) >= 11 is 0. The lowest BCUT2D eigenvalue weighted by Gasteiger charge is -2.18. The average Bonchev–Trinajstić information content (AvgIpc) is 2.36. The first-order chi connectivity index (χ1) is 5.61.